The molecule has 0 radical (unpaired) electrons. The lowest BCUT2D eigenvalue weighted by Gasteiger charge is -2.34. The second-order valence-corrected chi connectivity index (χ2v) is 7.20. The van der Waals surface area contributed by atoms with Crippen molar-refractivity contribution in [1.82, 2.24) is 10.2 Å². The van der Waals surface area contributed by atoms with Crippen molar-refractivity contribution < 1.29 is 4.79 Å². The van der Waals surface area contributed by atoms with Crippen LogP contribution >= 0.6 is 23.2 Å². The van der Waals surface area contributed by atoms with Crippen molar-refractivity contribution in [2.45, 2.75) is 25.9 Å². The van der Waals surface area contributed by atoms with Gasteiger partial charge in [-0.1, -0.05) is 47.0 Å². The first-order chi connectivity index (χ1) is 11.4. The van der Waals surface area contributed by atoms with E-state index in [1.165, 1.54) is 16.7 Å². The Hall–Kier alpha value is -1.55. The van der Waals surface area contributed by atoms with E-state index in [1.807, 2.05) is 0 Å². The number of carbonyl (C=O) groups excluding carboxylic acids is 1. The van der Waals surface area contributed by atoms with Crippen LogP contribution < -0.4 is 5.32 Å². The lowest BCUT2D eigenvalue weighted by atomic mass is 9.93. The minimum atomic E-state index is -0.128. The Kier molecular flexibility index (Phi) is 5.14. The predicted octanol–water partition coefficient (Wildman–Crippen LogP) is 4.09. The second-order valence-electron chi connectivity index (χ2n) is 6.38. The van der Waals surface area contributed by atoms with Gasteiger partial charge in [0.05, 0.1) is 10.0 Å². The second kappa shape index (κ2) is 7.14. The molecule has 126 valence electrons. The van der Waals surface area contributed by atoms with E-state index in [0.717, 1.165) is 13.0 Å². The van der Waals surface area contributed by atoms with E-state index in [-0.39, 0.29) is 11.9 Å². The van der Waals surface area contributed by atoms with E-state index in [2.05, 4.69) is 42.4 Å². The van der Waals surface area contributed by atoms with E-state index in [0.29, 0.717) is 22.2 Å². The highest BCUT2D eigenvalue weighted by Gasteiger charge is 2.23. The number of hydrogen-bond donors (Lipinski definition) is 1. The van der Waals surface area contributed by atoms with E-state index in [9.17, 15) is 4.79 Å². The Bertz CT molecular complexity index is 776. The summed E-state index contributed by atoms with van der Waals surface area (Å²) in [5.74, 6) is -0.128. The van der Waals surface area contributed by atoms with Crippen LogP contribution in [-0.4, -0.2) is 30.4 Å². The summed E-state index contributed by atoms with van der Waals surface area (Å²) < 4.78 is 0. The smallest absolute Gasteiger partial charge is 0.251 e. The standard InChI is InChI=1S/C19H20Cl2N2O/c1-12-3-4-14-11-23(2)16(8-15(14)7-12)10-22-19(24)13-5-6-17(20)18(21)9-13/h3-7,9,16H,8,10-11H2,1-2H3,(H,22,24)/t16-/m1/s1. The molecule has 1 aliphatic rings. The van der Waals surface area contributed by atoms with Crippen LogP contribution in [0.2, 0.25) is 10.0 Å². The molecule has 2 aromatic carbocycles. The summed E-state index contributed by atoms with van der Waals surface area (Å²) >= 11 is 11.9. The fourth-order valence-corrected chi connectivity index (χ4v) is 3.38. The number of benzene rings is 2. The summed E-state index contributed by atoms with van der Waals surface area (Å²) in [7, 11) is 2.10. The fourth-order valence-electron chi connectivity index (χ4n) is 3.08. The van der Waals surface area contributed by atoms with Gasteiger partial charge in [0.25, 0.3) is 5.91 Å². The van der Waals surface area contributed by atoms with E-state index >= 15 is 0 Å². The first-order valence-electron chi connectivity index (χ1n) is 7.96. The molecule has 1 atom stereocenters. The SMILES string of the molecule is Cc1ccc2c(c1)C[C@H](CNC(=O)c1ccc(Cl)c(Cl)c1)N(C)C2. The van der Waals surface area contributed by atoms with Gasteiger partial charge in [0.1, 0.15) is 0 Å². The molecule has 1 amide bonds. The normalized spacial score (nSPS) is 17.4. The molecule has 0 saturated heterocycles. The third-order valence-electron chi connectivity index (χ3n) is 4.54. The van der Waals surface area contributed by atoms with Crippen LogP contribution in [0.3, 0.4) is 0 Å². The molecule has 5 heteroatoms. The zero-order valence-electron chi connectivity index (χ0n) is 13.8. The third kappa shape index (κ3) is 3.75. The highest BCUT2D eigenvalue weighted by Crippen LogP contribution is 2.24. The number of fused-ring (bicyclic) bond motifs is 1. The zero-order valence-corrected chi connectivity index (χ0v) is 15.3. The van der Waals surface area contributed by atoms with Crippen LogP contribution in [0.15, 0.2) is 36.4 Å². The van der Waals surface area contributed by atoms with Gasteiger partial charge in [-0.3, -0.25) is 9.69 Å². The minimum absolute atomic E-state index is 0.128. The largest absolute Gasteiger partial charge is 0.350 e. The summed E-state index contributed by atoms with van der Waals surface area (Å²) in [4.78, 5) is 14.6. The van der Waals surface area contributed by atoms with Gasteiger partial charge >= 0.3 is 0 Å². The maximum atomic E-state index is 12.3. The predicted molar refractivity (Wildman–Crippen MR) is 98.9 cm³/mol. The molecule has 1 heterocycles. The molecule has 1 N–H and O–H groups in total. The maximum absolute atomic E-state index is 12.3. The van der Waals surface area contributed by atoms with Crippen molar-refractivity contribution in [2.75, 3.05) is 13.6 Å². The summed E-state index contributed by atoms with van der Waals surface area (Å²) in [5, 5.41) is 3.85. The van der Waals surface area contributed by atoms with E-state index in [1.54, 1.807) is 18.2 Å². The lowest BCUT2D eigenvalue weighted by Crippen LogP contribution is -2.45. The van der Waals surface area contributed by atoms with Gasteiger partial charge in [0, 0.05) is 24.7 Å². The summed E-state index contributed by atoms with van der Waals surface area (Å²) in [5.41, 5.74) is 4.55. The number of aryl methyl sites for hydroxylation is 1. The van der Waals surface area contributed by atoms with Crippen molar-refractivity contribution in [3.63, 3.8) is 0 Å². The molecule has 3 nitrogen and oxygen atoms in total. The van der Waals surface area contributed by atoms with Gasteiger partial charge in [-0.25, -0.2) is 0 Å². The van der Waals surface area contributed by atoms with Crippen LogP contribution in [0.1, 0.15) is 27.0 Å². The number of halogens is 2. The molecule has 3 rings (SSSR count). The molecule has 2 aromatic rings. The monoisotopic (exact) mass is 362 g/mol. The van der Waals surface area contributed by atoms with Crippen molar-refractivity contribution in [2.24, 2.45) is 0 Å². The number of amides is 1. The van der Waals surface area contributed by atoms with Crippen molar-refractivity contribution in [3.05, 3.63) is 68.7 Å². The molecule has 0 fully saturated rings. The molecule has 0 bridgehead atoms. The number of carbonyl (C=O) groups is 1. The number of nitrogens with one attached hydrogen (secondary N) is 1. The summed E-state index contributed by atoms with van der Waals surface area (Å²) in [6, 6.07) is 11.8. The number of nitrogens with zero attached hydrogens (tertiary/aromatic N) is 1. The van der Waals surface area contributed by atoms with Gasteiger partial charge in [-0.2, -0.15) is 0 Å². The quantitative estimate of drug-likeness (QED) is 0.891. The number of likely N-dealkylation sites (N-methyl/N-ethyl adjacent to an activating group) is 1. The molecule has 0 unspecified atom stereocenters. The Morgan fingerprint density at radius 3 is 2.71 bits per heavy atom. The van der Waals surface area contributed by atoms with E-state index < -0.39 is 0 Å². The molecular weight excluding hydrogens is 343 g/mol. The first kappa shape index (κ1) is 17.3. The topological polar surface area (TPSA) is 32.3 Å². The van der Waals surface area contributed by atoms with Gasteiger partial charge in [-0.15, -0.1) is 0 Å². The summed E-state index contributed by atoms with van der Waals surface area (Å²) in [6.07, 6.45) is 0.940. The zero-order chi connectivity index (χ0) is 17.3. The first-order valence-corrected chi connectivity index (χ1v) is 8.71. The molecule has 0 spiro atoms. The highest BCUT2D eigenvalue weighted by molar-refractivity contribution is 6.42. The van der Waals surface area contributed by atoms with Crippen molar-refractivity contribution in [3.8, 4) is 0 Å². The molecule has 24 heavy (non-hydrogen) atoms. The highest BCUT2D eigenvalue weighted by atomic mass is 35.5. The minimum Gasteiger partial charge on any atom is -0.350 e. The molecule has 0 saturated carbocycles. The van der Waals surface area contributed by atoms with Gasteiger partial charge < -0.3 is 5.32 Å². The molecular formula is C19H20Cl2N2O. The average Bonchev–Trinajstić information content (AvgIpc) is 2.55. The van der Waals surface area contributed by atoms with Crippen LogP contribution in [0, 0.1) is 6.92 Å². The van der Waals surface area contributed by atoms with Gasteiger partial charge in [-0.05, 0) is 49.7 Å². The maximum Gasteiger partial charge on any atom is 0.251 e. The van der Waals surface area contributed by atoms with Crippen molar-refractivity contribution in [1.29, 1.82) is 0 Å². The molecule has 0 aromatic heterocycles. The average molecular weight is 363 g/mol. The van der Waals surface area contributed by atoms with Crippen molar-refractivity contribution >= 4 is 29.1 Å². The van der Waals surface area contributed by atoms with Crippen LogP contribution in [-0.2, 0) is 13.0 Å². The molecule has 1 aliphatic heterocycles. The Labute approximate surface area is 152 Å². The number of hydrogen-bond acceptors (Lipinski definition) is 2. The lowest BCUT2D eigenvalue weighted by molar-refractivity contribution is 0.0934. The molecule has 0 aliphatic carbocycles. The third-order valence-corrected chi connectivity index (χ3v) is 5.28. The number of rotatable bonds is 3. The van der Waals surface area contributed by atoms with Crippen LogP contribution in [0.5, 0.6) is 0 Å². The summed E-state index contributed by atoms with van der Waals surface area (Å²) in [6.45, 7) is 3.62. The van der Waals surface area contributed by atoms with Crippen LogP contribution in [0.4, 0.5) is 0 Å². The fraction of sp³-hybridized carbons (Fsp3) is 0.316. The van der Waals surface area contributed by atoms with Crippen LogP contribution in [0.25, 0.3) is 0 Å². The van der Waals surface area contributed by atoms with Gasteiger partial charge in [0.2, 0.25) is 0 Å². The van der Waals surface area contributed by atoms with E-state index in [4.69, 9.17) is 23.2 Å². The van der Waals surface area contributed by atoms with Gasteiger partial charge in [0.15, 0.2) is 0 Å². The Morgan fingerprint density at radius 1 is 1.17 bits per heavy atom. The Morgan fingerprint density at radius 2 is 1.96 bits per heavy atom. The Balaban J connectivity index is 1.66.